The van der Waals surface area contributed by atoms with Crippen LogP contribution in [0.25, 0.3) is 0 Å². The standard InChI is InChI=1S/C23H26ClN3O2/c1-16-7-8-18(13-17(16)2)21-14-22(19-5-3-4-6-20(19)24)27(25-21)23(28)15-26-9-11-29-12-10-26/h3-8,13,22H,9-12,14-15H2,1-2H3/t22-/m1/s1. The van der Waals surface area contributed by atoms with Gasteiger partial charge in [0.25, 0.3) is 5.91 Å². The fourth-order valence-corrected chi connectivity index (χ4v) is 4.11. The molecule has 0 unspecified atom stereocenters. The summed E-state index contributed by atoms with van der Waals surface area (Å²) in [6, 6.07) is 13.9. The van der Waals surface area contributed by atoms with Crippen molar-refractivity contribution in [3.63, 3.8) is 0 Å². The van der Waals surface area contributed by atoms with Gasteiger partial charge in [0.15, 0.2) is 0 Å². The molecule has 0 bridgehead atoms. The predicted molar refractivity (Wildman–Crippen MR) is 115 cm³/mol. The van der Waals surface area contributed by atoms with E-state index in [1.54, 1.807) is 5.01 Å². The summed E-state index contributed by atoms with van der Waals surface area (Å²) in [7, 11) is 0. The third-order valence-corrected chi connectivity index (χ3v) is 6.08. The van der Waals surface area contributed by atoms with Crippen LogP contribution in [0.5, 0.6) is 0 Å². The summed E-state index contributed by atoms with van der Waals surface area (Å²) in [6.45, 7) is 7.40. The topological polar surface area (TPSA) is 45.1 Å². The van der Waals surface area contributed by atoms with Crippen molar-refractivity contribution in [2.75, 3.05) is 32.8 Å². The SMILES string of the molecule is Cc1ccc(C2=NN(C(=O)CN3CCOCC3)[C@@H](c3ccccc3Cl)C2)cc1C. The molecule has 4 rings (SSSR count). The van der Waals surface area contributed by atoms with Gasteiger partial charge in [0.2, 0.25) is 0 Å². The van der Waals surface area contributed by atoms with Crippen molar-refractivity contribution < 1.29 is 9.53 Å². The molecule has 0 aromatic heterocycles. The molecule has 0 aliphatic carbocycles. The van der Waals surface area contributed by atoms with Crippen molar-refractivity contribution in [3.8, 4) is 0 Å². The lowest BCUT2D eigenvalue weighted by molar-refractivity contribution is -0.135. The number of halogens is 1. The third-order valence-electron chi connectivity index (χ3n) is 5.73. The van der Waals surface area contributed by atoms with Gasteiger partial charge in [-0.05, 0) is 48.2 Å². The first-order valence-electron chi connectivity index (χ1n) is 10.0. The molecule has 1 atom stereocenters. The van der Waals surface area contributed by atoms with E-state index in [9.17, 15) is 4.79 Å². The van der Waals surface area contributed by atoms with E-state index in [1.807, 2.05) is 24.3 Å². The van der Waals surface area contributed by atoms with E-state index in [4.69, 9.17) is 21.4 Å². The number of ether oxygens (including phenoxy) is 1. The highest BCUT2D eigenvalue weighted by Gasteiger charge is 2.35. The first-order valence-corrected chi connectivity index (χ1v) is 10.4. The van der Waals surface area contributed by atoms with E-state index in [0.717, 1.165) is 29.9 Å². The molecule has 2 aromatic carbocycles. The zero-order valence-electron chi connectivity index (χ0n) is 16.9. The largest absolute Gasteiger partial charge is 0.379 e. The van der Waals surface area contributed by atoms with Crippen molar-refractivity contribution in [1.82, 2.24) is 9.91 Å². The number of amides is 1. The normalized spacial score (nSPS) is 20.0. The molecular weight excluding hydrogens is 386 g/mol. The lowest BCUT2D eigenvalue weighted by atomic mass is 9.96. The average molecular weight is 412 g/mol. The van der Waals surface area contributed by atoms with Crippen molar-refractivity contribution >= 4 is 23.2 Å². The van der Waals surface area contributed by atoms with Crippen LogP contribution >= 0.6 is 11.6 Å². The molecule has 1 fully saturated rings. The Bertz CT molecular complexity index is 937. The molecule has 2 aliphatic rings. The zero-order valence-corrected chi connectivity index (χ0v) is 17.7. The number of hydrogen-bond donors (Lipinski definition) is 0. The van der Waals surface area contributed by atoms with E-state index in [-0.39, 0.29) is 11.9 Å². The Morgan fingerprint density at radius 2 is 1.90 bits per heavy atom. The highest BCUT2D eigenvalue weighted by atomic mass is 35.5. The minimum Gasteiger partial charge on any atom is -0.379 e. The van der Waals surface area contributed by atoms with Crippen LogP contribution in [0.4, 0.5) is 0 Å². The monoisotopic (exact) mass is 411 g/mol. The first kappa shape index (κ1) is 20.1. The van der Waals surface area contributed by atoms with Gasteiger partial charge in [-0.1, -0.05) is 41.9 Å². The fraction of sp³-hybridized carbons (Fsp3) is 0.391. The van der Waals surface area contributed by atoms with E-state index in [0.29, 0.717) is 31.2 Å². The van der Waals surface area contributed by atoms with E-state index in [1.165, 1.54) is 11.1 Å². The van der Waals surface area contributed by atoms with E-state index < -0.39 is 0 Å². The number of benzene rings is 2. The van der Waals surface area contributed by atoms with Crippen LogP contribution in [0.1, 0.15) is 34.7 Å². The average Bonchev–Trinajstić information content (AvgIpc) is 3.16. The zero-order chi connectivity index (χ0) is 20.4. The number of hydrazone groups is 1. The molecule has 1 saturated heterocycles. The quantitative estimate of drug-likeness (QED) is 0.764. The molecule has 2 aliphatic heterocycles. The van der Waals surface area contributed by atoms with Gasteiger partial charge in [-0.15, -0.1) is 0 Å². The second kappa shape index (κ2) is 8.66. The molecule has 6 heteroatoms. The van der Waals surface area contributed by atoms with Gasteiger partial charge in [0.05, 0.1) is 31.5 Å². The molecule has 0 N–H and O–H groups in total. The lowest BCUT2D eigenvalue weighted by Crippen LogP contribution is -2.43. The predicted octanol–water partition coefficient (Wildman–Crippen LogP) is 3.97. The van der Waals surface area contributed by atoms with Gasteiger partial charge in [-0.25, -0.2) is 5.01 Å². The lowest BCUT2D eigenvalue weighted by Gasteiger charge is -2.29. The highest BCUT2D eigenvalue weighted by Crippen LogP contribution is 2.36. The molecule has 2 heterocycles. The second-order valence-corrected chi connectivity index (χ2v) is 8.12. The van der Waals surface area contributed by atoms with Crippen LogP contribution < -0.4 is 0 Å². The summed E-state index contributed by atoms with van der Waals surface area (Å²) in [5.74, 6) is -0.00402. The van der Waals surface area contributed by atoms with Crippen LogP contribution in [-0.2, 0) is 9.53 Å². The Labute approximate surface area is 176 Å². The van der Waals surface area contributed by atoms with Crippen LogP contribution in [0.15, 0.2) is 47.6 Å². The van der Waals surface area contributed by atoms with Crippen LogP contribution in [0.2, 0.25) is 5.02 Å². The van der Waals surface area contributed by atoms with E-state index in [2.05, 4.69) is 36.9 Å². The van der Waals surface area contributed by atoms with Crippen molar-refractivity contribution in [2.24, 2.45) is 5.10 Å². The van der Waals surface area contributed by atoms with Gasteiger partial charge in [-0.2, -0.15) is 5.10 Å². The summed E-state index contributed by atoms with van der Waals surface area (Å²) >= 11 is 6.49. The van der Waals surface area contributed by atoms with Gasteiger partial charge in [0, 0.05) is 24.5 Å². The number of carbonyl (C=O) groups excluding carboxylic acids is 1. The molecule has 1 amide bonds. The maximum absolute atomic E-state index is 13.2. The Balaban J connectivity index is 1.64. The molecule has 5 nitrogen and oxygen atoms in total. The molecule has 0 saturated carbocycles. The van der Waals surface area contributed by atoms with Crippen LogP contribution in [-0.4, -0.2) is 54.4 Å². The number of hydrogen-bond acceptors (Lipinski definition) is 4. The summed E-state index contributed by atoms with van der Waals surface area (Å²) in [4.78, 5) is 15.3. The van der Waals surface area contributed by atoms with Crippen molar-refractivity contribution in [2.45, 2.75) is 26.3 Å². The Morgan fingerprint density at radius 1 is 1.14 bits per heavy atom. The van der Waals surface area contributed by atoms with Gasteiger partial charge in [0.1, 0.15) is 0 Å². The van der Waals surface area contributed by atoms with Crippen molar-refractivity contribution in [3.05, 3.63) is 69.7 Å². The number of carbonyl (C=O) groups is 1. The summed E-state index contributed by atoms with van der Waals surface area (Å²) in [5, 5.41) is 7.08. The molecule has 0 spiro atoms. The van der Waals surface area contributed by atoms with Crippen LogP contribution in [0, 0.1) is 13.8 Å². The van der Waals surface area contributed by atoms with E-state index >= 15 is 0 Å². The molecule has 2 aromatic rings. The number of rotatable bonds is 4. The number of nitrogens with zero attached hydrogens (tertiary/aromatic N) is 3. The smallest absolute Gasteiger partial charge is 0.257 e. The number of aryl methyl sites for hydroxylation is 2. The van der Waals surface area contributed by atoms with Crippen molar-refractivity contribution in [1.29, 1.82) is 0 Å². The number of morpholine rings is 1. The minimum absolute atomic E-state index is 0.00402. The maximum atomic E-state index is 13.2. The third kappa shape index (κ3) is 4.37. The van der Waals surface area contributed by atoms with Gasteiger partial charge >= 0.3 is 0 Å². The Hall–Kier alpha value is -2.21. The highest BCUT2D eigenvalue weighted by molar-refractivity contribution is 6.31. The minimum atomic E-state index is -0.186. The molecular formula is C23H26ClN3O2. The maximum Gasteiger partial charge on any atom is 0.257 e. The van der Waals surface area contributed by atoms with Gasteiger partial charge in [-0.3, -0.25) is 9.69 Å². The Kier molecular flexibility index (Phi) is 5.99. The Morgan fingerprint density at radius 3 is 2.62 bits per heavy atom. The first-order chi connectivity index (χ1) is 14.0. The second-order valence-electron chi connectivity index (χ2n) is 7.71. The summed E-state index contributed by atoms with van der Waals surface area (Å²) in [6.07, 6.45) is 0.654. The molecule has 152 valence electrons. The fourth-order valence-electron chi connectivity index (χ4n) is 3.85. The summed E-state index contributed by atoms with van der Waals surface area (Å²) < 4.78 is 5.40. The van der Waals surface area contributed by atoms with Crippen LogP contribution in [0.3, 0.4) is 0 Å². The summed E-state index contributed by atoms with van der Waals surface area (Å²) in [5.41, 5.74) is 5.39. The molecule has 0 radical (unpaired) electrons. The molecule has 29 heavy (non-hydrogen) atoms. The van der Waals surface area contributed by atoms with Gasteiger partial charge < -0.3 is 4.74 Å².